The van der Waals surface area contributed by atoms with E-state index in [9.17, 15) is 4.79 Å². The number of carbonyl (C=O) groups excluding carboxylic acids is 1. The van der Waals surface area contributed by atoms with E-state index in [0.29, 0.717) is 5.92 Å². The van der Waals surface area contributed by atoms with E-state index in [1.54, 1.807) is 6.92 Å². The fourth-order valence-corrected chi connectivity index (χ4v) is 3.91. The van der Waals surface area contributed by atoms with Gasteiger partial charge < -0.3 is 11.1 Å². The van der Waals surface area contributed by atoms with Crippen molar-refractivity contribution in [1.82, 2.24) is 0 Å². The lowest BCUT2D eigenvalue weighted by Gasteiger charge is -2.15. The van der Waals surface area contributed by atoms with E-state index < -0.39 is 0 Å². The van der Waals surface area contributed by atoms with Gasteiger partial charge in [-0.1, -0.05) is 67.6 Å². The molecule has 2 atom stereocenters. The highest BCUT2D eigenvalue weighted by atomic mass is 16.1. The Balaban J connectivity index is 1.83. The van der Waals surface area contributed by atoms with Gasteiger partial charge in [0.1, 0.15) is 0 Å². The molecule has 1 saturated carbocycles. The quantitative estimate of drug-likeness (QED) is 0.695. The monoisotopic (exact) mass is 344 g/mol. The Morgan fingerprint density at radius 3 is 2.69 bits per heavy atom. The molecule has 1 aliphatic carbocycles. The normalized spacial score (nSPS) is 21.6. The molecular weight excluding hydrogens is 320 g/mol. The summed E-state index contributed by atoms with van der Waals surface area (Å²) >= 11 is 0. The molecule has 1 fully saturated rings. The second-order valence-electron chi connectivity index (χ2n) is 7.36. The van der Waals surface area contributed by atoms with Crippen LogP contribution >= 0.6 is 0 Å². The first-order chi connectivity index (χ1) is 12.5. The largest absolute Gasteiger partial charge is 0.325 e. The van der Waals surface area contributed by atoms with Crippen LogP contribution < -0.4 is 11.1 Å². The van der Waals surface area contributed by atoms with Gasteiger partial charge in [-0.3, -0.25) is 4.79 Å². The van der Waals surface area contributed by atoms with Gasteiger partial charge in [-0.15, -0.1) is 0 Å². The number of hydrogen-bond donors (Lipinski definition) is 2. The molecule has 0 spiro atoms. The second kappa shape index (κ2) is 6.26. The molecule has 1 aliphatic rings. The number of nitrogens with two attached hydrogens (primary N) is 1. The Kier molecular flexibility index (Phi) is 4.04. The molecule has 3 nitrogen and oxygen atoms in total. The zero-order valence-corrected chi connectivity index (χ0v) is 15.3. The van der Waals surface area contributed by atoms with Crippen LogP contribution in [0.5, 0.6) is 0 Å². The van der Waals surface area contributed by atoms with Crippen molar-refractivity contribution < 1.29 is 4.79 Å². The van der Waals surface area contributed by atoms with Crippen LogP contribution in [0.2, 0.25) is 0 Å². The predicted octanol–water partition coefficient (Wildman–Crippen LogP) is 5.06. The molecule has 0 aliphatic heterocycles. The van der Waals surface area contributed by atoms with Crippen molar-refractivity contribution in [2.24, 2.45) is 5.73 Å². The van der Waals surface area contributed by atoms with E-state index in [1.807, 2.05) is 12.1 Å². The molecular formula is C23H24N2O. The van der Waals surface area contributed by atoms with Crippen molar-refractivity contribution in [2.45, 2.75) is 38.1 Å². The fourth-order valence-electron chi connectivity index (χ4n) is 3.91. The zero-order chi connectivity index (χ0) is 18.3. The van der Waals surface area contributed by atoms with Crippen LogP contribution in [0.25, 0.3) is 21.9 Å². The molecule has 3 N–H and O–H groups in total. The topological polar surface area (TPSA) is 55.1 Å². The second-order valence-corrected chi connectivity index (χ2v) is 7.36. The summed E-state index contributed by atoms with van der Waals surface area (Å²) in [5.41, 5.74) is 10.7. The van der Waals surface area contributed by atoms with Crippen LogP contribution in [0.4, 0.5) is 5.69 Å². The predicted molar refractivity (Wildman–Crippen MR) is 108 cm³/mol. The Bertz CT molecular complexity index is 994. The van der Waals surface area contributed by atoms with Crippen molar-refractivity contribution in [3.8, 4) is 11.1 Å². The number of amides is 1. The minimum absolute atomic E-state index is 0.0531. The maximum Gasteiger partial charge on any atom is 0.221 e. The molecule has 0 radical (unpaired) electrons. The summed E-state index contributed by atoms with van der Waals surface area (Å²) in [7, 11) is 0. The standard InChI is InChI=1S/C23H24N2O/c1-3-23(24)14-21(23)18-9-6-8-17(13-18)20-12-11-16-7-4-5-10-19(16)22(20)25-15(2)26/h4-13,21H,3,14,24H2,1-2H3,(H,25,26). The van der Waals surface area contributed by atoms with Crippen molar-refractivity contribution in [2.75, 3.05) is 5.32 Å². The number of nitrogens with one attached hydrogen (secondary N) is 1. The molecule has 0 bridgehead atoms. The molecule has 3 aromatic rings. The van der Waals surface area contributed by atoms with E-state index >= 15 is 0 Å². The number of anilines is 1. The van der Waals surface area contributed by atoms with Gasteiger partial charge in [0.2, 0.25) is 5.91 Å². The van der Waals surface area contributed by atoms with Crippen molar-refractivity contribution in [3.05, 3.63) is 66.2 Å². The van der Waals surface area contributed by atoms with Crippen LogP contribution in [-0.4, -0.2) is 11.4 Å². The highest BCUT2D eigenvalue weighted by Gasteiger charge is 2.49. The lowest BCUT2D eigenvalue weighted by molar-refractivity contribution is -0.114. The fraction of sp³-hybridized carbons (Fsp3) is 0.261. The van der Waals surface area contributed by atoms with Crippen LogP contribution in [0, 0.1) is 0 Å². The number of benzene rings is 3. The van der Waals surface area contributed by atoms with Crippen LogP contribution in [0.3, 0.4) is 0 Å². The SMILES string of the molecule is CCC1(N)CC1c1cccc(-c2ccc3ccccc3c2NC(C)=O)c1. The molecule has 0 saturated heterocycles. The van der Waals surface area contributed by atoms with Gasteiger partial charge in [-0.05, 0) is 29.4 Å². The van der Waals surface area contributed by atoms with Crippen LogP contribution in [0.15, 0.2) is 60.7 Å². The van der Waals surface area contributed by atoms with E-state index in [4.69, 9.17) is 5.73 Å². The Labute approximate surface area is 154 Å². The van der Waals surface area contributed by atoms with Gasteiger partial charge in [-0.2, -0.15) is 0 Å². The molecule has 26 heavy (non-hydrogen) atoms. The van der Waals surface area contributed by atoms with E-state index in [2.05, 4.69) is 60.8 Å². The minimum Gasteiger partial charge on any atom is -0.325 e. The molecule has 4 rings (SSSR count). The van der Waals surface area contributed by atoms with E-state index in [0.717, 1.165) is 40.4 Å². The van der Waals surface area contributed by atoms with Crippen LogP contribution in [-0.2, 0) is 4.79 Å². The summed E-state index contributed by atoms with van der Waals surface area (Å²) < 4.78 is 0. The van der Waals surface area contributed by atoms with Gasteiger partial charge in [-0.25, -0.2) is 0 Å². The summed E-state index contributed by atoms with van der Waals surface area (Å²) in [5, 5.41) is 5.21. The van der Waals surface area contributed by atoms with E-state index in [1.165, 1.54) is 5.56 Å². The molecule has 132 valence electrons. The Morgan fingerprint density at radius 2 is 1.96 bits per heavy atom. The molecule has 1 amide bonds. The number of fused-ring (bicyclic) bond motifs is 1. The average Bonchev–Trinajstić information content (AvgIpc) is 3.34. The summed E-state index contributed by atoms with van der Waals surface area (Å²) in [6.45, 7) is 3.71. The summed E-state index contributed by atoms with van der Waals surface area (Å²) in [6, 6.07) is 20.9. The lowest BCUT2D eigenvalue weighted by Crippen LogP contribution is -2.22. The first-order valence-electron chi connectivity index (χ1n) is 9.20. The minimum atomic E-state index is -0.0621. The highest BCUT2D eigenvalue weighted by Crippen LogP contribution is 2.52. The number of carbonyl (C=O) groups is 1. The maximum absolute atomic E-state index is 11.8. The van der Waals surface area contributed by atoms with Crippen molar-refractivity contribution in [3.63, 3.8) is 0 Å². The van der Waals surface area contributed by atoms with Crippen molar-refractivity contribution >= 4 is 22.4 Å². The third kappa shape index (κ3) is 2.89. The van der Waals surface area contributed by atoms with Crippen molar-refractivity contribution in [1.29, 1.82) is 0 Å². The molecule has 2 unspecified atom stereocenters. The summed E-state index contributed by atoms with van der Waals surface area (Å²) in [4.78, 5) is 11.8. The zero-order valence-electron chi connectivity index (χ0n) is 15.3. The highest BCUT2D eigenvalue weighted by molar-refractivity contribution is 6.07. The Morgan fingerprint density at radius 1 is 1.15 bits per heavy atom. The van der Waals surface area contributed by atoms with Gasteiger partial charge in [0.25, 0.3) is 0 Å². The molecule has 0 heterocycles. The van der Waals surface area contributed by atoms with Gasteiger partial charge in [0.15, 0.2) is 0 Å². The molecule has 0 aromatic heterocycles. The third-order valence-corrected chi connectivity index (χ3v) is 5.61. The smallest absolute Gasteiger partial charge is 0.221 e. The number of rotatable bonds is 4. The number of hydrogen-bond acceptors (Lipinski definition) is 2. The Hall–Kier alpha value is -2.65. The van der Waals surface area contributed by atoms with Crippen LogP contribution in [0.1, 0.15) is 38.2 Å². The van der Waals surface area contributed by atoms with Gasteiger partial charge in [0.05, 0.1) is 5.69 Å². The summed E-state index contributed by atoms with van der Waals surface area (Å²) in [5.74, 6) is 0.366. The van der Waals surface area contributed by atoms with Gasteiger partial charge in [0, 0.05) is 29.3 Å². The molecule has 3 heteroatoms. The third-order valence-electron chi connectivity index (χ3n) is 5.61. The first kappa shape index (κ1) is 16.8. The molecule has 3 aromatic carbocycles. The average molecular weight is 344 g/mol. The summed E-state index contributed by atoms with van der Waals surface area (Å²) in [6.07, 6.45) is 2.04. The first-order valence-corrected chi connectivity index (χ1v) is 9.20. The van der Waals surface area contributed by atoms with Gasteiger partial charge >= 0.3 is 0 Å². The van der Waals surface area contributed by atoms with E-state index in [-0.39, 0.29) is 11.4 Å². The lowest BCUT2D eigenvalue weighted by atomic mass is 9.95. The maximum atomic E-state index is 11.8.